The van der Waals surface area contributed by atoms with Gasteiger partial charge in [-0.1, -0.05) is 18.5 Å². The molecule has 0 spiro atoms. The number of benzene rings is 1. The third-order valence-electron chi connectivity index (χ3n) is 7.53. The maximum atomic E-state index is 12.0. The van der Waals surface area contributed by atoms with Crippen LogP contribution in [-0.2, 0) is 9.84 Å². The van der Waals surface area contributed by atoms with Crippen LogP contribution in [0.3, 0.4) is 0 Å². The molecule has 1 saturated heterocycles. The number of aromatic nitrogens is 1. The number of sulfone groups is 1. The number of pyridine rings is 1. The van der Waals surface area contributed by atoms with Gasteiger partial charge in [-0.05, 0) is 79.9 Å². The smallest absolute Gasteiger partial charge is 0.255 e. The molecule has 2 aliphatic rings. The first-order chi connectivity index (χ1) is 14.7. The van der Waals surface area contributed by atoms with Crippen LogP contribution in [0.5, 0.6) is 5.75 Å². The molecular weight excluding hydrogens is 436 g/mol. The number of halogens is 1. The summed E-state index contributed by atoms with van der Waals surface area (Å²) in [7, 11) is -2.90. The molecule has 0 radical (unpaired) electrons. The minimum absolute atomic E-state index is 0.0228. The molecule has 1 aromatic carbocycles. The Morgan fingerprint density at radius 1 is 1.23 bits per heavy atom. The Kier molecular flexibility index (Phi) is 6.39. The van der Waals surface area contributed by atoms with Crippen LogP contribution in [0.2, 0.25) is 5.02 Å². The molecule has 6 nitrogen and oxygen atoms in total. The zero-order valence-corrected chi connectivity index (χ0v) is 19.5. The zero-order chi connectivity index (χ0) is 22.2. The van der Waals surface area contributed by atoms with Crippen molar-refractivity contribution in [3.63, 3.8) is 0 Å². The summed E-state index contributed by atoms with van der Waals surface area (Å²) in [4.78, 5) is 14.6. The van der Waals surface area contributed by atoms with Crippen molar-refractivity contribution in [3.05, 3.63) is 39.8 Å². The molecule has 31 heavy (non-hydrogen) atoms. The number of hydrogen-bond acceptors (Lipinski definition) is 5. The topological polar surface area (TPSA) is 102 Å². The van der Waals surface area contributed by atoms with E-state index in [-0.39, 0.29) is 34.6 Å². The van der Waals surface area contributed by atoms with E-state index in [4.69, 9.17) is 22.1 Å². The lowest BCUT2D eigenvalue weighted by Crippen LogP contribution is -2.51. The highest BCUT2D eigenvalue weighted by Gasteiger charge is 2.47. The van der Waals surface area contributed by atoms with Gasteiger partial charge in [0.05, 0.1) is 22.6 Å². The molecule has 2 fully saturated rings. The highest BCUT2D eigenvalue weighted by molar-refractivity contribution is 7.91. The Balaban J connectivity index is 1.49. The summed E-state index contributed by atoms with van der Waals surface area (Å²) in [6.45, 7) is 2.12. The lowest BCUT2D eigenvalue weighted by Gasteiger charge is -2.50. The maximum absolute atomic E-state index is 12.0. The van der Waals surface area contributed by atoms with E-state index >= 15 is 0 Å². The van der Waals surface area contributed by atoms with Crippen LogP contribution in [0.15, 0.2) is 29.2 Å². The largest absolute Gasteiger partial charge is 0.489 e. The Morgan fingerprint density at radius 2 is 1.90 bits per heavy atom. The highest BCUT2D eigenvalue weighted by atomic mass is 35.5. The Bertz CT molecular complexity index is 1090. The van der Waals surface area contributed by atoms with Gasteiger partial charge in [-0.3, -0.25) is 4.79 Å². The van der Waals surface area contributed by atoms with E-state index in [1.807, 2.05) is 12.1 Å². The van der Waals surface area contributed by atoms with E-state index < -0.39 is 9.84 Å². The van der Waals surface area contributed by atoms with Crippen LogP contribution >= 0.6 is 11.6 Å². The molecule has 1 aromatic heterocycles. The molecule has 0 amide bonds. The van der Waals surface area contributed by atoms with Crippen LogP contribution in [0.1, 0.15) is 51.9 Å². The first-order valence-corrected chi connectivity index (χ1v) is 13.4. The van der Waals surface area contributed by atoms with Crippen molar-refractivity contribution in [1.82, 2.24) is 4.98 Å². The summed E-state index contributed by atoms with van der Waals surface area (Å²) in [5, 5.41) is 1.78. The van der Waals surface area contributed by atoms with Gasteiger partial charge in [0, 0.05) is 17.6 Å². The minimum Gasteiger partial charge on any atom is -0.489 e. The number of nitrogens with two attached hydrogens (primary N) is 1. The molecule has 8 heteroatoms. The quantitative estimate of drug-likeness (QED) is 0.691. The average Bonchev–Trinajstić information content (AvgIpc) is 2.75. The summed E-state index contributed by atoms with van der Waals surface area (Å²) in [6, 6.07) is 5.39. The molecule has 170 valence electrons. The van der Waals surface area contributed by atoms with E-state index in [2.05, 4.69) is 11.9 Å². The molecule has 1 saturated carbocycles. The van der Waals surface area contributed by atoms with Gasteiger partial charge in [-0.15, -0.1) is 0 Å². The highest BCUT2D eigenvalue weighted by Crippen LogP contribution is 2.50. The molecule has 1 atom stereocenters. The van der Waals surface area contributed by atoms with Gasteiger partial charge in [-0.2, -0.15) is 0 Å². The molecule has 1 aliphatic heterocycles. The van der Waals surface area contributed by atoms with Crippen molar-refractivity contribution < 1.29 is 13.2 Å². The van der Waals surface area contributed by atoms with Crippen LogP contribution in [0.4, 0.5) is 0 Å². The zero-order valence-electron chi connectivity index (χ0n) is 17.9. The summed E-state index contributed by atoms with van der Waals surface area (Å²) in [6.07, 6.45) is 7.56. The predicted octanol–water partition coefficient (Wildman–Crippen LogP) is 4.05. The molecule has 2 aromatic rings. The second-order valence-corrected chi connectivity index (χ2v) is 11.9. The summed E-state index contributed by atoms with van der Waals surface area (Å²) < 4.78 is 30.2. The molecule has 0 bridgehead atoms. The molecule has 4 rings (SSSR count). The van der Waals surface area contributed by atoms with Crippen LogP contribution < -0.4 is 16.0 Å². The molecular formula is C23H31ClN2O4S. The molecule has 3 N–H and O–H groups in total. The lowest BCUT2D eigenvalue weighted by molar-refractivity contribution is 0.00958. The Morgan fingerprint density at radius 3 is 2.55 bits per heavy atom. The summed E-state index contributed by atoms with van der Waals surface area (Å²) in [5.74, 6) is 1.51. The molecule has 1 aliphatic carbocycles. The number of H-pyrrole nitrogens is 1. The van der Waals surface area contributed by atoms with E-state index in [0.29, 0.717) is 34.9 Å². The SMILES string of the molecule is CCC(N)C1(C2CCS(=O)(=O)CC2)CCC(Oc2cc3cc[nH]c(=O)c3cc2Cl)CC1. The third kappa shape index (κ3) is 4.50. The van der Waals surface area contributed by atoms with Gasteiger partial charge in [0.15, 0.2) is 0 Å². The van der Waals surface area contributed by atoms with Crippen molar-refractivity contribution in [2.45, 2.75) is 64.0 Å². The number of ether oxygens (including phenoxy) is 1. The second-order valence-electron chi connectivity index (χ2n) is 9.17. The van der Waals surface area contributed by atoms with Gasteiger partial charge in [0.25, 0.3) is 5.56 Å². The second kappa shape index (κ2) is 8.75. The number of fused-ring (bicyclic) bond motifs is 1. The average molecular weight is 467 g/mol. The monoisotopic (exact) mass is 466 g/mol. The maximum Gasteiger partial charge on any atom is 0.255 e. The minimum atomic E-state index is -2.90. The van der Waals surface area contributed by atoms with Crippen molar-refractivity contribution >= 4 is 32.2 Å². The van der Waals surface area contributed by atoms with E-state index in [0.717, 1.165) is 37.5 Å². The van der Waals surface area contributed by atoms with Gasteiger partial charge in [0.2, 0.25) is 0 Å². The number of hydrogen-bond donors (Lipinski definition) is 2. The van der Waals surface area contributed by atoms with Gasteiger partial charge < -0.3 is 15.5 Å². The van der Waals surface area contributed by atoms with Crippen molar-refractivity contribution in [3.8, 4) is 5.75 Å². The predicted molar refractivity (Wildman–Crippen MR) is 125 cm³/mol. The summed E-state index contributed by atoms with van der Waals surface area (Å²) in [5.41, 5.74) is 6.44. The first kappa shape index (κ1) is 22.6. The fraction of sp³-hybridized carbons (Fsp3) is 0.609. The first-order valence-electron chi connectivity index (χ1n) is 11.2. The Labute approximate surface area is 188 Å². The van der Waals surface area contributed by atoms with Gasteiger partial charge in [0.1, 0.15) is 15.6 Å². The van der Waals surface area contributed by atoms with Crippen LogP contribution in [0.25, 0.3) is 10.8 Å². The van der Waals surface area contributed by atoms with E-state index in [1.165, 1.54) is 0 Å². The molecule has 2 heterocycles. The van der Waals surface area contributed by atoms with Crippen LogP contribution in [-0.4, -0.2) is 37.1 Å². The normalized spacial score (nSPS) is 27.8. The molecule has 1 unspecified atom stereocenters. The van der Waals surface area contributed by atoms with E-state index in [1.54, 1.807) is 12.3 Å². The van der Waals surface area contributed by atoms with E-state index in [9.17, 15) is 13.2 Å². The standard InChI is InChI=1S/C23H31ClN2O4S/c1-2-21(25)23(16-6-11-31(28,29)12-7-16)8-3-17(4-9-23)30-20-13-15-5-10-26-22(27)18(15)14-19(20)24/h5,10,13-14,16-17,21H,2-4,6-9,11-12,25H2,1H3,(H,26,27). The van der Waals surface area contributed by atoms with Crippen molar-refractivity contribution in [2.75, 3.05) is 11.5 Å². The Hall–Kier alpha value is -1.57. The van der Waals surface area contributed by atoms with Crippen LogP contribution in [0, 0.1) is 11.3 Å². The fourth-order valence-electron chi connectivity index (χ4n) is 5.66. The number of aromatic amines is 1. The van der Waals surface area contributed by atoms with Gasteiger partial charge in [-0.25, -0.2) is 8.42 Å². The number of rotatable bonds is 5. The lowest BCUT2D eigenvalue weighted by atomic mass is 9.59. The number of nitrogens with one attached hydrogen (secondary N) is 1. The third-order valence-corrected chi connectivity index (χ3v) is 9.54. The fourth-order valence-corrected chi connectivity index (χ4v) is 7.36. The van der Waals surface area contributed by atoms with Crippen molar-refractivity contribution in [2.24, 2.45) is 17.1 Å². The summed E-state index contributed by atoms with van der Waals surface area (Å²) >= 11 is 6.42. The van der Waals surface area contributed by atoms with Gasteiger partial charge >= 0.3 is 0 Å². The van der Waals surface area contributed by atoms with Crippen molar-refractivity contribution in [1.29, 1.82) is 0 Å².